The van der Waals surface area contributed by atoms with Crippen molar-refractivity contribution in [3.8, 4) is 17.0 Å². The van der Waals surface area contributed by atoms with Crippen molar-refractivity contribution in [2.45, 2.75) is 6.61 Å². The van der Waals surface area contributed by atoms with Crippen LogP contribution >= 0.6 is 0 Å². The number of anilines is 1. The average Bonchev–Trinajstić information content (AvgIpc) is 2.78. The minimum Gasteiger partial charge on any atom is -0.496 e. The minimum atomic E-state index is -0.395. The molecule has 18 heavy (non-hydrogen) atoms. The van der Waals surface area contributed by atoms with E-state index in [9.17, 15) is 4.39 Å². The van der Waals surface area contributed by atoms with Gasteiger partial charge in [-0.15, -0.1) is 0 Å². The van der Waals surface area contributed by atoms with Gasteiger partial charge in [-0.25, -0.2) is 4.39 Å². The number of methoxy groups -OCH3 is 2. The van der Waals surface area contributed by atoms with Gasteiger partial charge in [0.2, 0.25) is 5.88 Å². The highest BCUT2D eigenvalue weighted by Gasteiger charge is 2.17. The van der Waals surface area contributed by atoms with E-state index in [0.717, 1.165) is 0 Å². The smallest absolute Gasteiger partial charge is 0.222 e. The molecular weight excluding hydrogens is 239 g/mol. The zero-order valence-electron chi connectivity index (χ0n) is 10.1. The van der Waals surface area contributed by atoms with Crippen molar-refractivity contribution in [1.29, 1.82) is 0 Å². The van der Waals surface area contributed by atoms with Crippen LogP contribution in [0.15, 0.2) is 22.7 Å². The fourth-order valence-electron chi connectivity index (χ4n) is 1.73. The van der Waals surface area contributed by atoms with E-state index in [1.807, 2.05) is 0 Å². The third-order valence-electron chi connectivity index (χ3n) is 2.50. The number of nitrogen functional groups attached to an aromatic ring is 1. The van der Waals surface area contributed by atoms with Crippen LogP contribution in [0, 0.1) is 5.82 Å². The molecule has 0 aliphatic carbocycles. The maximum absolute atomic E-state index is 13.7. The van der Waals surface area contributed by atoms with Gasteiger partial charge in [0, 0.05) is 18.7 Å². The van der Waals surface area contributed by atoms with Gasteiger partial charge >= 0.3 is 0 Å². The normalized spacial score (nSPS) is 10.6. The first kappa shape index (κ1) is 12.4. The van der Waals surface area contributed by atoms with Crippen LogP contribution < -0.4 is 10.5 Å². The summed E-state index contributed by atoms with van der Waals surface area (Å²) in [5, 5.41) is 3.78. The Morgan fingerprint density at radius 2 is 2.17 bits per heavy atom. The molecule has 1 aromatic heterocycles. The molecule has 5 nitrogen and oxygen atoms in total. The van der Waals surface area contributed by atoms with E-state index in [-0.39, 0.29) is 12.5 Å². The Labute approximate surface area is 103 Å². The van der Waals surface area contributed by atoms with Crippen molar-refractivity contribution in [3.05, 3.63) is 29.6 Å². The van der Waals surface area contributed by atoms with Crippen molar-refractivity contribution >= 4 is 5.88 Å². The third-order valence-corrected chi connectivity index (χ3v) is 2.50. The molecule has 2 aromatic rings. The molecule has 1 aromatic carbocycles. The molecule has 2 rings (SSSR count). The van der Waals surface area contributed by atoms with Crippen LogP contribution in [-0.4, -0.2) is 19.4 Å². The molecular formula is C12H13FN2O3. The summed E-state index contributed by atoms with van der Waals surface area (Å²) < 4.78 is 28.7. The standard InChI is InChI=1S/C12H13FN2O3/c1-16-6-8-9(13)4-3-7(12(8)17-2)10-5-11(14)18-15-10/h3-5H,6,14H2,1-2H3. The molecule has 0 spiro atoms. The zero-order chi connectivity index (χ0) is 13.1. The van der Waals surface area contributed by atoms with E-state index in [0.29, 0.717) is 22.6 Å². The van der Waals surface area contributed by atoms with Crippen LogP contribution in [0.5, 0.6) is 5.75 Å². The summed E-state index contributed by atoms with van der Waals surface area (Å²) >= 11 is 0. The maximum atomic E-state index is 13.7. The van der Waals surface area contributed by atoms with E-state index in [1.54, 1.807) is 12.1 Å². The first-order valence-electron chi connectivity index (χ1n) is 5.24. The summed E-state index contributed by atoms with van der Waals surface area (Å²) in [6.45, 7) is 0.107. The molecule has 0 bridgehead atoms. The van der Waals surface area contributed by atoms with Crippen LogP contribution in [0.1, 0.15) is 5.56 Å². The highest BCUT2D eigenvalue weighted by Crippen LogP contribution is 2.35. The maximum Gasteiger partial charge on any atom is 0.222 e. The van der Waals surface area contributed by atoms with Crippen molar-refractivity contribution in [3.63, 3.8) is 0 Å². The number of benzene rings is 1. The van der Waals surface area contributed by atoms with Gasteiger partial charge < -0.3 is 19.7 Å². The Balaban J connectivity index is 2.57. The molecule has 0 atom stereocenters. The summed E-state index contributed by atoms with van der Waals surface area (Å²) in [4.78, 5) is 0. The zero-order valence-corrected chi connectivity index (χ0v) is 10.1. The second-order valence-corrected chi connectivity index (χ2v) is 3.65. The molecule has 0 saturated heterocycles. The number of nitrogens with two attached hydrogens (primary N) is 1. The Morgan fingerprint density at radius 1 is 1.39 bits per heavy atom. The SMILES string of the molecule is COCc1c(F)ccc(-c2cc(N)on2)c1OC. The number of rotatable bonds is 4. The summed E-state index contributed by atoms with van der Waals surface area (Å²) in [7, 11) is 2.94. The van der Waals surface area contributed by atoms with E-state index < -0.39 is 5.82 Å². The Hall–Kier alpha value is -2.08. The van der Waals surface area contributed by atoms with Gasteiger partial charge in [0.1, 0.15) is 17.3 Å². The van der Waals surface area contributed by atoms with E-state index >= 15 is 0 Å². The van der Waals surface area contributed by atoms with Gasteiger partial charge in [-0.2, -0.15) is 0 Å². The van der Waals surface area contributed by atoms with Crippen LogP contribution in [-0.2, 0) is 11.3 Å². The lowest BCUT2D eigenvalue weighted by molar-refractivity contribution is 0.178. The number of hydrogen-bond acceptors (Lipinski definition) is 5. The molecule has 6 heteroatoms. The number of hydrogen-bond donors (Lipinski definition) is 1. The molecule has 96 valence electrons. The molecule has 0 aliphatic rings. The molecule has 0 amide bonds. The summed E-state index contributed by atoms with van der Waals surface area (Å²) in [6, 6.07) is 4.44. The van der Waals surface area contributed by atoms with Crippen LogP contribution in [0.3, 0.4) is 0 Å². The molecule has 0 radical (unpaired) electrons. The summed E-state index contributed by atoms with van der Waals surface area (Å²) in [5.41, 5.74) is 6.89. The Bertz CT molecular complexity index is 554. The topological polar surface area (TPSA) is 70.5 Å². The third kappa shape index (κ3) is 2.14. The summed E-state index contributed by atoms with van der Waals surface area (Å²) in [6.07, 6.45) is 0. The first-order valence-corrected chi connectivity index (χ1v) is 5.24. The first-order chi connectivity index (χ1) is 8.67. The molecule has 0 fully saturated rings. The largest absolute Gasteiger partial charge is 0.496 e. The fourth-order valence-corrected chi connectivity index (χ4v) is 1.73. The van der Waals surface area contributed by atoms with Gasteiger partial charge in [0.05, 0.1) is 19.3 Å². The van der Waals surface area contributed by atoms with Crippen LogP contribution in [0.25, 0.3) is 11.3 Å². The van der Waals surface area contributed by atoms with Gasteiger partial charge in [-0.3, -0.25) is 0 Å². The fraction of sp³-hybridized carbons (Fsp3) is 0.250. The second kappa shape index (κ2) is 5.05. The number of nitrogens with zero attached hydrogens (tertiary/aromatic N) is 1. The monoisotopic (exact) mass is 252 g/mol. The van der Waals surface area contributed by atoms with Crippen molar-refractivity contribution in [2.75, 3.05) is 20.0 Å². The van der Waals surface area contributed by atoms with Gasteiger partial charge in [0.25, 0.3) is 0 Å². The number of halogens is 1. The van der Waals surface area contributed by atoms with Gasteiger partial charge in [-0.05, 0) is 12.1 Å². The lowest BCUT2D eigenvalue weighted by Crippen LogP contribution is -2.00. The minimum absolute atomic E-state index is 0.107. The van der Waals surface area contributed by atoms with Crippen molar-refractivity contribution in [1.82, 2.24) is 5.16 Å². The molecule has 0 saturated carbocycles. The highest BCUT2D eigenvalue weighted by molar-refractivity contribution is 5.70. The Morgan fingerprint density at radius 3 is 2.72 bits per heavy atom. The van der Waals surface area contributed by atoms with E-state index in [4.69, 9.17) is 19.7 Å². The van der Waals surface area contributed by atoms with Crippen LogP contribution in [0.2, 0.25) is 0 Å². The summed E-state index contributed by atoms with van der Waals surface area (Å²) in [5.74, 6) is 0.156. The number of aromatic nitrogens is 1. The lowest BCUT2D eigenvalue weighted by atomic mass is 10.1. The molecule has 2 N–H and O–H groups in total. The van der Waals surface area contributed by atoms with Gasteiger partial charge in [-0.1, -0.05) is 5.16 Å². The van der Waals surface area contributed by atoms with Crippen molar-refractivity contribution in [2.24, 2.45) is 0 Å². The quantitative estimate of drug-likeness (QED) is 0.903. The molecule has 1 heterocycles. The van der Waals surface area contributed by atoms with E-state index in [2.05, 4.69) is 5.16 Å². The predicted molar refractivity (Wildman–Crippen MR) is 63.6 cm³/mol. The highest BCUT2D eigenvalue weighted by atomic mass is 19.1. The molecule has 0 aliphatic heterocycles. The van der Waals surface area contributed by atoms with E-state index in [1.165, 1.54) is 20.3 Å². The number of ether oxygens (including phenoxy) is 2. The molecule has 0 unspecified atom stereocenters. The second-order valence-electron chi connectivity index (χ2n) is 3.65. The lowest BCUT2D eigenvalue weighted by Gasteiger charge is -2.12. The van der Waals surface area contributed by atoms with Crippen LogP contribution in [0.4, 0.5) is 10.3 Å². The Kier molecular flexibility index (Phi) is 3.47. The van der Waals surface area contributed by atoms with Crippen molar-refractivity contribution < 1.29 is 18.4 Å². The average molecular weight is 252 g/mol. The predicted octanol–water partition coefficient (Wildman–Crippen LogP) is 2.22. The van der Waals surface area contributed by atoms with Gasteiger partial charge in [0.15, 0.2) is 0 Å².